The first kappa shape index (κ1) is 22.8. The molecule has 2 aromatic rings. The number of rotatable bonds is 7. The van der Waals surface area contributed by atoms with Crippen LogP contribution < -0.4 is 16.7 Å². The number of benzene rings is 1. The summed E-state index contributed by atoms with van der Waals surface area (Å²) >= 11 is 0. The quantitative estimate of drug-likeness (QED) is 0.349. The maximum absolute atomic E-state index is 13.5. The van der Waals surface area contributed by atoms with Crippen LogP contribution in [0, 0.1) is 5.41 Å². The van der Waals surface area contributed by atoms with E-state index in [0.717, 1.165) is 48.8 Å². The second kappa shape index (κ2) is 10.0. The molecule has 2 unspecified atom stereocenters. The number of nitrogens with zero attached hydrogens (tertiary/aromatic N) is 3. The minimum Gasteiger partial charge on any atom is -0.369 e. The highest BCUT2D eigenvalue weighted by molar-refractivity contribution is 5.80. The summed E-state index contributed by atoms with van der Waals surface area (Å²) in [4.78, 5) is 16.1. The van der Waals surface area contributed by atoms with Crippen LogP contribution in [-0.4, -0.2) is 45.6 Å². The van der Waals surface area contributed by atoms with Crippen LogP contribution in [-0.2, 0) is 6.54 Å². The standard InChI is InChI=1S/C25H38N6O/c1-18-9-8-10-19(2)29(18)14-6-3-7-15-30-23-12-5-4-11-20(23)17-21(24(30)32)22-13-16-31(28-22)25(26)27/h4-5,11-12,17-19,22,28H,3,6-10,13-16H2,1-2H3,(H3,26,27)/t18-,19?,22?/m1/s1. The zero-order valence-corrected chi connectivity index (χ0v) is 19.5. The van der Waals surface area contributed by atoms with Crippen LogP contribution in [0.3, 0.4) is 0 Å². The number of guanidine groups is 1. The topological polar surface area (TPSA) is 90.4 Å². The van der Waals surface area contributed by atoms with Crippen molar-refractivity contribution in [3.63, 3.8) is 0 Å². The second-order valence-electron chi connectivity index (χ2n) is 9.55. The van der Waals surface area contributed by atoms with E-state index in [9.17, 15) is 4.79 Å². The van der Waals surface area contributed by atoms with Gasteiger partial charge in [-0.3, -0.25) is 20.1 Å². The van der Waals surface area contributed by atoms with E-state index >= 15 is 0 Å². The van der Waals surface area contributed by atoms with Crippen LogP contribution in [0.5, 0.6) is 0 Å². The molecule has 0 spiro atoms. The summed E-state index contributed by atoms with van der Waals surface area (Å²) in [5.41, 5.74) is 10.7. The van der Waals surface area contributed by atoms with Gasteiger partial charge in [0.25, 0.3) is 5.56 Å². The van der Waals surface area contributed by atoms with E-state index in [1.807, 2.05) is 28.8 Å². The van der Waals surface area contributed by atoms with Gasteiger partial charge in [0.2, 0.25) is 5.96 Å². The van der Waals surface area contributed by atoms with Crippen molar-refractivity contribution < 1.29 is 0 Å². The highest BCUT2D eigenvalue weighted by Gasteiger charge is 2.27. The average Bonchev–Trinajstić information content (AvgIpc) is 3.27. The summed E-state index contributed by atoms with van der Waals surface area (Å²) in [6.07, 6.45) is 8.05. The summed E-state index contributed by atoms with van der Waals surface area (Å²) in [6, 6.07) is 11.4. The first-order valence-corrected chi connectivity index (χ1v) is 12.2. The normalized spacial score (nSPS) is 24.3. The van der Waals surface area contributed by atoms with Crippen molar-refractivity contribution in [1.29, 1.82) is 5.41 Å². The van der Waals surface area contributed by atoms with Crippen molar-refractivity contribution in [2.24, 2.45) is 5.73 Å². The van der Waals surface area contributed by atoms with Crippen molar-refractivity contribution in [1.82, 2.24) is 19.9 Å². The van der Waals surface area contributed by atoms with Crippen molar-refractivity contribution in [3.05, 3.63) is 46.2 Å². The number of nitrogens with two attached hydrogens (primary N) is 1. The van der Waals surface area contributed by atoms with Crippen molar-refractivity contribution in [2.75, 3.05) is 13.1 Å². The summed E-state index contributed by atoms with van der Waals surface area (Å²) in [7, 11) is 0. The third-order valence-corrected chi connectivity index (χ3v) is 7.32. The Morgan fingerprint density at radius 3 is 2.53 bits per heavy atom. The van der Waals surface area contributed by atoms with Crippen LogP contribution in [0.2, 0.25) is 0 Å². The first-order chi connectivity index (χ1) is 15.5. The van der Waals surface area contributed by atoms with Crippen LogP contribution in [0.15, 0.2) is 35.1 Å². The molecule has 2 saturated heterocycles. The van der Waals surface area contributed by atoms with Gasteiger partial charge in [-0.1, -0.05) is 31.0 Å². The number of aryl methyl sites for hydroxylation is 1. The zero-order chi connectivity index (χ0) is 22.7. The lowest BCUT2D eigenvalue weighted by Crippen LogP contribution is -2.44. The van der Waals surface area contributed by atoms with Gasteiger partial charge in [0, 0.05) is 30.7 Å². The SMILES string of the molecule is CC1CCC[C@@H](C)N1CCCCCn1c(=O)c(C2CCN(C(=N)N)N2)cc2ccccc21. The van der Waals surface area contributed by atoms with Crippen LogP contribution in [0.4, 0.5) is 0 Å². The molecule has 0 amide bonds. The minimum atomic E-state index is -0.107. The number of hydrogen-bond donors (Lipinski definition) is 3. The predicted molar refractivity (Wildman–Crippen MR) is 131 cm³/mol. The van der Waals surface area contributed by atoms with E-state index in [1.165, 1.54) is 25.7 Å². The van der Waals surface area contributed by atoms with Crippen molar-refractivity contribution in [2.45, 2.75) is 83.5 Å². The highest BCUT2D eigenvalue weighted by atomic mass is 16.1. The van der Waals surface area contributed by atoms with Gasteiger partial charge in [0.05, 0.1) is 11.6 Å². The van der Waals surface area contributed by atoms with Gasteiger partial charge < -0.3 is 10.3 Å². The second-order valence-corrected chi connectivity index (χ2v) is 9.55. The van der Waals surface area contributed by atoms with E-state index in [0.29, 0.717) is 18.6 Å². The smallest absolute Gasteiger partial charge is 0.255 e. The molecule has 0 aliphatic carbocycles. The molecular weight excluding hydrogens is 400 g/mol. The van der Waals surface area contributed by atoms with E-state index in [4.69, 9.17) is 11.1 Å². The molecule has 1 aromatic carbocycles. The molecule has 7 nitrogen and oxygen atoms in total. The molecule has 2 aliphatic rings. The highest BCUT2D eigenvalue weighted by Crippen LogP contribution is 2.25. The van der Waals surface area contributed by atoms with Gasteiger partial charge in [0.15, 0.2) is 0 Å². The van der Waals surface area contributed by atoms with Gasteiger partial charge in [-0.25, -0.2) is 5.43 Å². The van der Waals surface area contributed by atoms with Gasteiger partial charge in [-0.2, -0.15) is 0 Å². The maximum atomic E-state index is 13.5. The number of para-hydroxylation sites is 1. The van der Waals surface area contributed by atoms with Gasteiger partial charge >= 0.3 is 0 Å². The Morgan fingerprint density at radius 1 is 1.09 bits per heavy atom. The molecule has 7 heteroatoms. The molecule has 174 valence electrons. The summed E-state index contributed by atoms with van der Waals surface area (Å²) in [5.74, 6) is -0.00837. The summed E-state index contributed by atoms with van der Waals surface area (Å²) in [6.45, 7) is 7.25. The number of hydrogen-bond acceptors (Lipinski definition) is 4. The molecule has 2 aliphatic heterocycles. The van der Waals surface area contributed by atoms with E-state index in [-0.39, 0.29) is 17.6 Å². The number of hydrazine groups is 1. The molecule has 3 heterocycles. The molecule has 0 saturated carbocycles. The van der Waals surface area contributed by atoms with Crippen LogP contribution in [0.1, 0.15) is 70.4 Å². The summed E-state index contributed by atoms with van der Waals surface area (Å²) in [5, 5.41) is 10.4. The molecule has 4 rings (SSSR count). The Balaban J connectivity index is 1.44. The largest absolute Gasteiger partial charge is 0.369 e. The Labute approximate surface area is 191 Å². The fraction of sp³-hybridized carbons (Fsp3) is 0.600. The summed E-state index contributed by atoms with van der Waals surface area (Å²) < 4.78 is 1.95. The Hall–Kier alpha value is -2.38. The molecular formula is C25H38N6O. The fourth-order valence-electron chi connectivity index (χ4n) is 5.47. The van der Waals surface area contributed by atoms with Gasteiger partial charge in [-0.05, 0) is 70.0 Å². The third-order valence-electron chi connectivity index (χ3n) is 7.32. The minimum absolute atomic E-state index is 0.00837. The maximum Gasteiger partial charge on any atom is 0.255 e. The van der Waals surface area contributed by atoms with Crippen molar-refractivity contribution in [3.8, 4) is 0 Å². The van der Waals surface area contributed by atoms with E-state index in [1.54, 1.807) is 5.01 Å². The lowest BCUT2D eigenvalue weighted by atomic mass is 9.97. The van der Waals surface area contributed by atoms with Crippen LogP contribution >= 0.6 is 0 Å². The lowest BCUT2D eigenvalue weighted by molar-refractivity contribution is 0.101. The fourth-order valence-corrected chi connectivity index (χ4v) is 5.47. The predicted octanol–water partition coefficient (Wildman–Crippen LogP) is 3.58. The molecule has 0 radical (unpaired) electrons. The number of aromatic nitrogens is 1. The molecule has 0 bridgehead atoms. The number of likely N-dealkylation sites (tertiary alicyclic amines) is 1. The molecule has 3 atom stereocenters. The number of nitrogens with one attached hydrogen (secondary N) is 2. The van der Waals surface area contributed by atoms with E-state index in [2.05, 4.69) is 30.2 Å². The Morgan fingerprint density at radius 2 is 1.81 bits per heavy atom. The molecule has 4 N–H and O–H groups in total. The Bertz CT molecular complexity index is 992. The lowest BCUT2D eigenvalue weighted by Gasteiger charge is -2.39. The van der Waals surface area contributed by atoms with Gasteiger partial charge in [0.1, 0.15) is 0 Å². The number of unbranched alkanes of at least 4 members (excludes halogenated alkanes) is 2. The molecule has 32 heavy (non-hydrogen) atoms. The van der Waals surface area contributed by atoms with E-state index < -0.39 is 0 Å². The third kappa shape index (κ3) is 4.84. The molecule has 2 fully saturated rings. The van der Waals surface area contributed by atoms with Crippen molar-refractivity contribution >= 4 is 16.9 Å². The Kier molecular flexibility index (Phi) is 7.16. The molecule has 1 aromatic heterocycles. The number of pyridine rings is 1. The zero-order valence-electron chi connectivity index (χ0n) is 19.5. The van der Waals surface area contributed by atoms with Crippen LogP contribution in [0.25, 0.3) is 10.9 Å². The first-order valence-electron chi connectivity index (χ1n) is 12.2. The number of piperidine rings is 1. The number of fused-ring (bicyclic) bond motifs is 1. The average molecular weight is 439 g/mol. The monoisotopic (exact) mass is 438 g/mol. The van der Waals surface area contributed by atoms with Gasteiger partial charge in [-0.15, -0.1) is 0 Å².